The van der Waals surface area contributed by atoms with Crippen LogP contribution in [0.4, 0.5) is 5.69 Å². The summed E-state index contributed by atoms with van der Waals surface area (Å²) in [5.74, 6) is -0.476. The molecule has 0 aliphatic heterocycles. The molecule has 9 nitrogen and oxygen atoms in total. The summed E-state index contributed by atoms with van der Waals surface area (Å²) < 4.78 is 1.59. The van der Waals surface area contributed by atoms with E-state index >= 15 is 0 Å². The number of aryl methyl sites for hydroxylation is 2. The number of anilines is 1. The second kappa shape index (κ2) is 10.0. The van der Waals surface area contributed by atoms with E-state index in [1.807, 2.05) is 38.1 Å². The summed E-state index contributed by atoms with van der Waals surface area (Å²) in [7, 11) is 0. The maximum absolute atomic E-state index is 12.5. The van der Waals surface area contributed by atoms with Gasteiger partial charge >= 0.3 is 0 Å². The smallest absolute Gasteiger partial charge is 0.254 e. The van der Waals surface area contributed by atoms with Crippen LogP contribution in [-0.4, -0.2) is 32.3 Å². The van der Waals surface area contributed by atoms with Gasteiger partial charge in [0.05, 0.1) is 6.20 Å². The largest absolute Gasteiger partial charge is 0.365 e. The first-order valence-electron chi connectivity index (χ1n) is 11.6. The van der Waals surface area contributed by atoms with Gasteiger partial charge in [0.25, 0.3) is 5.91 Å². The second-order valence-electron chi connectivity index (χ2n) is 8.87. The van der Waals surface area contributed by atoms with Crippen molar-refractivity contribution < 1.29 is 14.4 Å². The van der Waals surface area contributed by atoms with E-state index in [0.717, 1.165) is 53.9 Å². The van der Waals surface area contributed by atoms with Gasteiger partial charge in [0.2, 0.25) is 11.8 Å². The molecule has 3 amide bonds. The van der Waals surface area contributed by atoms with Gasteiger partial charge in [-0.1, -0.05) is 25.0 Å². The molecule has 2 aromatic heterocycles. The lowest BCUT2D eigenvalue weighted by Gasteiger charge is -2.13. The number of carbonyl (C=O) groups is 3. The Morgan fingerprint density at radius 3 is 2.68 bits per heavy atom. The molecule has 9 heteroatoms. The third-order valence-electron chi connectivity index (χ3n) is 6.49. The molecular weight excluding hydrogens is 432 g/mol. The van der Waals surface area contributed by atoms with Gasteiger partial charge in [0.1, 0.15) is 5.56 Å². The molecule has 0 spiro atoms. The van der Waals surface area contributed by atoms with Crippen LogP contribution < -0.4 is 16.4 Å². The van der Waals surface area contributed by atoms with Crippen LogP contribution in [0.25, 0.3) is 5.65 Å². The van der Waals surface area contributed by atoms with Crippen molar-refractivity contribution in [1.82, 2.24) is 19.9 Å². The van der Waals surface area contributed by atoms with Gasteiger partial charge in [-0.15, -0.1) is 0 Å². The fourth-order valence-corrected chi connectivity index (χ4v) is 4.57. The van der Waals surface area contributed by atoms with E-state index in [1.54, 1.807) is 4.52 Å². The van der Waals surface area contributed by atoms with E-state index in [-0.39, 0.29) is 29.7 Å². The van der Waals surface area contributed by atoms with Crippen LogP contribution in [0.2, 0.25) is 0 Å². The van der Waals surface area contributed by atoms with Crippen molar-refractivity contribution in [3.63, 3.8) is 0 Å². The number of benzene rings is 1. The molecule has 3 aromatic rings. The molecule has 0 atom stereocenters. The van der Waals surface area contributed by atoms with Crippen LogP contribution >= 0.6 is 0 Å². The Bertz CT molecular complexity index is 1240. The van der Waals surface area contributed by atoms with E-state index in [2.05, 4.69) is 20.7 Å². The molecule has 1 aliphatic carbocycles. The highest BCUT2D eigenvalue weighted by Gasteiger charge is 2.22. The maximum Gasteiger partial charge on any atom is 0.254 e. The topological polar surface area (TPSA) is 131 Å². The molecule has 0 radical (unpaired) electrons. The average molecular weight is 463 g/mol. The SMILES string of the molecule is Cc1nc2c(C(N)=O)cnn2c(C)c1CCC(=O)NCc1cccc(NC(=O)C2CCCC2)c1. The summed E-state index contributed by atoms with van der Waals surface area (Å²) in [6.07, 6.45) is 6.34. The number of hydrogen-bond acceptors (Lipinski definition) is 5. The Hall–Kier alpha value is -3.75. The highest BCUT2D eigenvalue weighted by Crippen LogP contribution is 2.26. The molecule has 0 saturated heterocycles. The zero-order valence-corrected chi connectivity index (χ0v) is 19.6. The third-order valence-corrected chi connectivity index (χ3v) is 6.49. The van der Waals surface area contributed by atoms with Gasteiger partial charge in [-0.2, -0.15) is 5.10 Å². The Balaban J connectivity index is 1.34. The highest BCUT2D eigenvalue weighted by molar-refractivity contribution is 5.98. The lowest BCUT2D eigenvalue weighted by atomic mass is 10.1. The van der Waals surface area contributed by atoms with Crippen molar-refractivity contribution in [2.45, 2.75) is 58.9 Å². The minimum atomic E-state index is -0.574. The molecule has 4 rings (SSSR count). The first-order valence-corrected chi connectivity index (χ1v) is 11.6. The van der Waals surface area contributed by atoms with E-state index in [1.165, 1.54) is 6.20 Å². The number of carbonyl (C=O) groups excluding carboxylic acids is 3. The Kier molecular flexibility index (Phi) is 6.90. The molecule has 4 N–H and O–H groups in total. The maximum atomic E-state index is 12.5. The van der Waals surface area contributed by atoms with Gasteiger partial charge in [0.15, 0.2) is 5.65 Å². The molecule has 1 fully saturated rings. The fraction of sp³-hybridized carbons (Fsp3) is 0.400. The van der Waals surface area contributed by atoms with Crippen molar-refractivity contribution in [1.29, 1.82) is 0 Å². The fourth-order valence-electron chi connectivity index (χ4n) is 4.57. The van der Waals surface area contributed by atoms with Gasteiger partial charge in [-0.3, -0.25) is 14.4 Å². The number of nitrogens with one attached hydrogen (secondary N) is 2. The number of hydrogen-bond donors (Lipinski definition) is 3. The zero-order valence-electron chi connectivity index (χ0n) is 19.6. The molecule has 1 saturated carbocycles. The summed E-state index contributed by atoms with van der Waals surface area (Å²) in [5.41, 5.74) is 10.3. The number of fused-ring (bicyclic) bond motifs is 1. The van der Waals surface area contributed by atoms with Crippen molar-refractivity contribution >= 4 is 29.1 Å². The van der Waals surface area contributed by atoms with Crippen molar-refractivity contribution in [2.75, 3.05) is 5.32 Å². The summed E-state index contributed by atoms with van der Waals surface area (Å²) in [5, 5.41) is 10.2. The predicted octanol–water partition coefficient (Wildman–Crippen LogP) is 2.82. The summed E-state index contributed by atoms with van der Waals surface area (Å²) in [4.78, 5) is 41.0. The van der Waals surface area contributed by atoms with Crippen LogP contribution in [0, 0.1) is 19.8 Å². The van der Waals surface area contributed by atoms with Crippen LogP contribution in [-0.2, 0) is 22.6 Å². The van der Waals surface area contributed by atoms with Gasteiger partial charge in [-0.25, -0.2) is 9.50 Å². The van der Waals surface area contributed by atoms with Crippen LogP contribution in [0.5, 0.6) is 0 Å². The average Bonchev–Trinajstić information content (AvgIpc) is 3.48. The molecule has 0 bridgehead atoms. The Morgan fingerprint density at radius 1 is 1.18 bits per heavy atom. The number of nitrogens with two attached hydrogens (primary N) is 1. The second-order valence-corrected chi connectivity index (χ2v) is 8.87. The van der Waals surface area contributed by atoms with E-state index in [0.29, 0.717) is 18.6 Å². The molecule has 178 valence electrons. The number of rotatable bonds is 8. The number of primary amides is 1. The minimum absolute atomic E-state index is 0.0788. The first kappa shape index (κ1) is 23.4. The van der Waals surface area contributed by atoms with E-state index < -0.39 is 5.91 Å². The minimum Gasteiger partial charge on any atom is -0.365 e. The van der Waals surface area contributed by atoms with Crippen LogP contribution in [0.3, 0.4) is 0 Å². The predicted molar refractivity (Wildman–Crippen MR) is 128 cm³/mol. The molecular formula is C25H30N6O3. The molecule has 0 unspecified atom stereocenters. The Morgan fingerprint density at radius 2 is 1.94 bits per heavy atom. The molecule has 2 heterocycles. The van der Waals surface area contributed by atoms with Crippen molar-refractivity contribution in [3.05, 3.63) is 58.5 Å². The third kappa shape index (κ3) is 5.08. The summed E-state index contributed by atoms with van der Waals surface area (Å²) in [6, 6.07) is 7.56. The molecule has 1 aliphatic rings. The number of amides is 3. The van der Waals surface area contributed by atoms with Crippen LogP contribution in [0.1, 0.15) is 65.0 Å². The van der Waals surface area contributed by atoms with Gasteiger partial charge in [-0.05, 0) is 56.4 Å². The lowest BCUT2D eigenvalue weighted by molar-refractivity contribution is -0.121. The van der Waals surface area contributed by atoms with Crippen molar-refractivity contribution in [3.8, 4) is 0 Å². The summed E-state index contributed by atoms with van der Waals surface area (Å²) in [6.45, 7) is 4.11. The van der Waals surface area contributed by atoms with Crippen LogP contribution in [0.15, 0.2) is 30.5 Å². The quantitative estimate of drug-likeness (QED) is 0.474. The highest BCUT2D eigenvalue weighted by atomic mass is 16.2. The summed E-state index contributed by atoms with van der Waals surface area (Å²) >= 11 is 0. The van der Waals surface area contributed by atoms with E-state index in [4.69, 9.17) is 5.73 Å². The zero-order chi connectivity index (χ0) is 24.2. The van der Waals surface area contributed by atoms with Crippen molar-refractivity contribution in [2.24, 2.45) is 11.7 Å². The number of nitrogens with zero attached hydrogens (tertiary/aromatic N) is 3. The molecule has 1 aromatic carbocycles. The standard InChI is InChI=1S/C25H30N6O3/c1-15-20(16(2)31-24(29-15)21(14-28-31)23(26)33)10-11-22(32)27-13-17-6-5-9-19(12-17)30-25(34)18-7-3-4-8-18/h5-6,9,12,14,18H,3-4,7-8,10-11,13H2,1-2H3,(H2,26,33)(H,27,32)(H,30,34). The first-order chi connectivity index (χ1) is 16.3. The van der Waals surface area contributed by atoms with E-state index in [9.17, 15) is 14.4 Å². The monoisotopic (exact) mass is 462 g/mol. The normalized spacial score (nSPS) is 13.8. The Labute approximate surface area is 198 Å². The van der Waals surface area contributed by atoms with Gasteiger partial charge < -0.3 is 16.4 Å². The van der Waals surface area contributed by atoms with Gasteiger partial charge in [0, 0.05) is 36.0 Å². The lowest BCUT2D eigenvalue weighted by Crippen LogP contribution is -2.24. The number of aromatic nitrogens is 3. The molecule has 34 heavy (non-hydrogen) atoms.